The first-order valence-corrected chi connectivity index (χ1v) is 23.1. The summed E-state index contributed by atoms with van der Waals surface area (Å²) in [6.07, 6.45) is 0.620. The van der Waals surface area contributed by atoms with Gasteiger partial charge in [0, 0.05) is 37.3 Å². The maximum absolute atomic E-state index is 13.7. The number of nitrogens with one attached hydrogen (secondary N) is 3. The van der Waals surface area contributed by atoms with Crippen LogP contribution in [0.15, 0.2) is 72.8 Å². The Bertz CT molecular complexity index is 2190. The smallest absolute Gasteiger partial charge is 0.407 e. The molecule has 3 aromatic rings. The maximum atomic E-state index is 13.7. The van der Waals surface area contributed by atoms with E-state index in [1.165, 1.54) is 24.7 Å². The lowest BCUT2D eigenvalue weighted by Gasteiger charge is -2.34. The molecular formula is C50H67N7O9. The molecule has 0 unspecified atom stereocenters. The molecule has 3 heterocycles. The van der Waals surface area contributed by atoms with Crippen LogP contribution in [0.5, 0.6) is 0 Å². The second-order valence-corrected chi connectivity index (χ2v) is 18.8. The molecule has 3 aromatic carbocycles. The van der Waals surface area contributed by atoms with E-state index in [2.05, 4.69) is 65.9 Å². The van der Waals surface area contributed by atoms with E-state index >= 15 is 0 Å². The Kier molecular flexibility index (Phi) is 16.0. The number of primary amides is 1. The van der Waals surface area contributed by atoms with Crippen molar-refractivity contribution >= 4 is 52.9 Å². The van der Waals surface area contributed by atoms with Crippen molar-refractivity contribution in [3.63, 3.8) is 0 Å². The molecule has 7 atom stereocenters. The summed E-state index contributed by atoms with van der Waals surface area (Å²) in [4.78, 5) is 83.8. The Balaban J connectivity index is 1.17. The average Bonchev–Trinajstić information content (AvgIpc) is 4.09. The van der Waals surface area contributed by atoms with E-state index in [0.717, 1.165) is 29.7 Å². The highest BCUT2D eigenvalue weighted by Crippen LogP contribution is 2.47. The quantitative estimate of drug-likeness (QED) is 0.121. The zero-order valence-corrected chi connectivity index (χ0v) is 39.5. The van der Waals surface area contributed by atoms with Gasteiger partial charge in [-0.1, -0.05) is 77.9 Å². The Morgan fingerprint density at radius 2 is 1.20 bits per heavy atom. The molecule has 3 saturated heterocycles. The van der Waals surface area contributed by atoms with Crippen molar-refractivity contribution in [2.75, 3.05) is 42.8 Å². The van der Waals surface area contributed by atoms with E-state index in [4.69, 9.17) is 19.9 Å². The molecule has 0 spiro atoms. The summed E-state index contributed by atoms with van der Waals surface area (Å²) < 4.78 is 15.4. The van der Waals surface area contributed by atoms with Gasteiger partial charge in [-0.3, -0.25) is 19.2 Å². The monoisotopic (exact) mass is 910 g/mol. The molecule has 0 aromatic heterocycles. The molecule has 0 radical (unpaired) electrons. The first-order chi connectivity index (χ1) is 31.4. The number of alkyl carbamates (subject to hydrolysis) is 1. The summed E-state index contributed by atoms with van der Waals surface area (Å²) in [7, 11) is 2.68. The number of methoxy groups -OCH3 is 2. The highest BCUT2D eigenvalue weighted by atomic mass is 16.6. The summed E-state index contributed by atoms with van der Waals surface area (Å²) in [5, 5.41) is 8.67. The van der Waals surface area contributed by atoms with Crippen LogP contribution in [0.3, 0.4) is 0 Å². The molecule has 0 bridgehead atoms. The number of carbonyl (C=O) groups excluding carboxylic acids is 6. The predicted molar refractivity (Wildman–Crippen MR) is 252 cm³/mol. The average molecular weight is 910 g/mol. The normalized spacial score (nSPS) is 21.0. The Morgan fingerprint density at radius 1 is 0.712 bits per heavy atom. The summed E-state index contributed by atoms with van der Waals surface area (Å²) in [6, 6.07) is 22.2. The van der Waals surface area contributed by atoms with Gasteiger partial charge in [0.15, 0.2) is 0 Å². The molecule has 16 nitrogen and oxygen atoms in total. The minimum absolute atomic E-state index is 0.00581. The van der Waals surface area contributed by atoms with Crippen molar-refractivity contribution in [1.29, 1.82) is 0 Å². The number of ether oxygens (including phenoxy) is 3. The number of carbonyl (C=O) groups is 6. The molecule has 0 saturated carbocycles. The maximum Gasteiger partial charge on any atom is 0.407 e. The minimum atomic E-state index is -1.26. The van der Waals surface area contributed by atoms with Crippen molar-refractivity contribution in [2.45, 2.75) is 134 Å². The van der Waals surface area contributed by atoms with Gasteiger partial charge in [-0.15, -0.1) is 0 Å². The van der Waals surface area contributed by atoms with Gasteiger partial charge < -0.3 is 50.6 Å². The molecule has 3 fully saturated rings. The number of likely N-dealkylation sites (tertiary alicyclic amines) is 2. The lowest BCUT2D eigenvalue weighted by atomic mass is 9.87. The van der Waals surface area contributed by atoms with Gasteiger partial charge in [0.1, 0.15) is 24.2 Å². The van der Waals surface area contributed by atoms with Crippen LogP contribution in [-0.2, 0) is 38.8 Å². The van der Waals surface area contributed by atoms with E-state index in [9.17, 15) is 28.8 Å². The van der Waals surface area contributed by atoms with Gasteiger partial charge in [-0.25, -0.2) is 9.59 Å². The van der Waals surface area contributed by atoms with E-state index in [-0.39, 0.29) is 41.1 Å². The van der Waals surface area contributed by atoms with Crippen molar-refractivity contribution < 1.29 is 43.0 Å². The zero-order chi connectivity index (χ0) is 47.9. The van der Waals surface area contributed by atoms with E-state index in [1.54, 1.807) is 4.90 Å². The standard InChI is InChI=1S/C50H67N7O9/c1-9-41(64-7)43(66-48(51)62)47(61)56-29-11-13-40(56)45(59)53-35-22-16-32(17-23-35)38-27-26-37(57(38)36-24-18-33(19-25-36)50(4,5)6)31-14-20-34(21-15-31)52-44(58)39-12-10-28-55(39)46(60)42(30(2)3)54-49(63)65-8/h14-25,30,37-43H,9-13,26-29H2,1-8H3,(H2,51,62)(H,52,58)(H,53,59)(H,54,63)/t37-,38-,39-,40-,41+,42-,43-/m0/s1. The molecule has 6 amide bonds. The van der Waals surface area contributed by atoms with Crippen LogP contribution < -0.4 is 26.6 Å². The topological polar surface area (TPSA) is 202 Å². The van der Waals surface area contributed by atoms with Crippen molar-refractivity contribution in [3.8, 4) is 0 Å². The fraction of sp³-hybridized carbons (Fsp3) is 0.520. The number of amides is 6. The zero-order valence-electron chi connectivity index (χ0n) is 39.5. The third kappa shape index (κ3) is 11.3. The van der Waals surface area contributed by atoms with E-state index in [0.29, 0.717) is 56.6 Å². The molecule has 0 aliphatic carbocycles. The van der Waals surface area contributed by atoms with Gasteiger partial charge in [-0.05, 0) is 109 Å². The Hall–Kier alpha value is -6.16. The number of nitrogens with zero attached hydrogens (tertiary/aromatic N) is 3. The number of nitrogens with two attached hydrogens (primary N) is 1. The van der Waals surface area contributed by atoms with Crippen LogP contribution in [-0.4, -0.2) is 103 Å². The summed E-state index contributed by atoms with van der Waals surface area (Å²) in [5.41, 5.74) is 10.9. The van der Waals surface area contributed by atoms with Crippen LogP contribution in [0.25, 0.3) is 0 Å². The van der Waals surface area contributed by atoms with Gasteiger partial charge >= 0.3 is 12.2 Å². The molecular weight excluding hydrogens is 843 g/mol. The number of anilines is 3. The minimum Gasteiger partial charge on any atom is -0.453 e. The fourth-order valence-corrected chi connectivity index (χ4v) is 9.55. The van der Waals surface area contributed by atoms with Crippen LogP contribution in [0, 0.1) is 5.92 Å². The molecule has 16 heteroatoms. The Morgan fingerprint density at radius 3 is 1.61 bits per heavy atom. The second kappa shape index (κ2) is 21.4. The summed E-state index contributed by atoms with van der Waals surface area (Å²) >= 11 is 0. The SMILES string of the molecule is CC[C@@H](OC)[C@H](OC(N)=O)C(=O)N1CCC[C@H]1C(=O)Nc1ccc([C@@H]2CC[C@@H](c3ccc(NC(=O)[C@@H]4CCCN4C(=O)[C@@H](NC(=O)OC)C(C)C)cc3)N2c2ccc(C(C)(C)C)cc2)cc1. The predicted octanol–water partition coefficient (Wildman–Crippen LogP) is 7.20. The summed E-state index contributed by atoms with van der Waals surface area (Å²) in [5.74, 6) is -1.64. The van der Waals surface area contributed by atoms with Crippen LogP contribution >= 0.6 is 0 Å². The second-order valence-electron chi connectivity index (χ2n) is 18.8. The van der Waals surface area contributed by atoms with Gasteiger partial charge in [0.25, 0.3) is 5.91 Å². The number of hydrogen-bond donors (Lipinski definition) is 4. The Labute approximate surface area is 388 Å². The first-order valence-electron chi connectivity index (χ1n) is 23.1. The van der Waals surface area contributed by atoms with Crippen LogP contribution in [0.1, 0.15) is 115 Å². The lowest BCUT2D eigenvalue weighted by Crippen LogP contribution is -2.54. The molecule has 66 heavy (non-hydrogen) atoms. The van der Waals surface area contributed by atoms with Crippen LogP contribution in [0.4, 0.5) is 26.7 Å². The third-order valence-electron chi connectivity index (χ3n) is 13.1. The highest BCUT2D eigenvalue weighted by Gasteiger charge is 2.42. The molecule has 3 aliphatic rings. The number of rotatable bonds is 15. The number of hydrogen-bond acceptors (Lipinski definition) is 10. The van der Waals surface area contributed by atoms with Crippen LogP contribution in [0.2, 0.25) is 0 Å². The fourth-order valence-electron chi connectivity index (χ4n) is 9.55. The van der Waals surface area contributed by atoms with Crippen molar-refractivity contribution in [2.24, 2.45) is 11.7 Å². The molecule has 356 valence electrons. The third-order valence-corrected chi connectivity index (χ3v) is 13.1. The van der Waals surface area contributed by atoms with Gasteiger partial charge in [0.05, 0.1) is 19.2 Å². The lowest BCUT2D eigenvalue weighted by molar-refractivity contribution is -0.150. The molecule has 3 aliphatic heterocycles. The van der Waals surface area contributed by atoms with Gasteiger partial charge in [-0.2, -0.15) is 0 Å². The molecule has 6 rings (SSSR count). The van der Waals surface area contributed by atoms with Crippen molar-refractivity contribution in [3.05, 3.63) is 89.5 Å². The summed E-state index contributed by atoms with van der Waals surface area (Å²) in [6.45, 7) is 12.8. The largest absolute Gasteiger partial charge is 0.453 e. The van der Waals surface area contributed by atoms with E-state index < -0.39 is 48.4 Å². The van der Waals surface area contributed by atoms with Crippen molar-refractivity contribution in [1.82, 2.24) is 15.1 Å². The molecule has 5 N–H and O–H groups in total. The van der Waals surface area contributed by atoms with Gasteiger partial charge in [0.2, 0.25) is 23.8 Å². The first kappa shape index (κ1) is 49.3. The number of benzene rings is 3. The van der Waals surface area contributed by atoms with E-state index in [1.807, 2.05) is 69.3 Å². The highest BCUT2D eigenvalue weighted by molar-refractivity contribution is 5.99.